The van der Waals surface area contributed by atoms with Crippen LogP contribution in [0.4, 0.5) is 4.39 Å². The summed E-state index contributed by atoms with van der Waals surface area (Å²) in [7, 11) is 1.33. The molecule has 0 aromatic heterocycles. The van der Waals surface area contributed by atoms with Gasteiger partial charge in [-0.25, -0.2) is 9.18 Å². The maximum Gasteiger partial charge on any atom is 0.336 e. The van der Waals surface area contributed by atoms with E-state index in [0.717, 1.165) is 11.1 Å². The minimum atomic E-state index is -0.673. The number of ether oxygens (including phenoxy) is 2. The Labute approximate surface area is 196 Å². The van der Waals surface area contributed by atoms with E-state index in [2.05, 4.69) is 5.32 Å². The van der Waals surface area contributed by atoms with Gasteiger partial charge in [-0.2, -0.15) is 0 Å². The van der Waals surface area contributed by atoms with Crippen LogP contribution in [0.25, 0.3) is 5.70 Å². The highest BCUT2D eigenvalue weighted by Crippen LogP contribution is 2.48. The van der Waals surface area contributed by atoms with Gasteiger partial charge in [-0.15, -0.1) is 0 Å². The van der Waals surface area contributed by atoms with Crippen molar-refractivity contribution in [3.63, 3.8) is 0 Å². The summed E-state index contributed by atoms with van der Waals surface area (Å²) in [5.74, 6) is -1.11. The molecule has 0 saturated carbocycles. The molecule has 1 heterocycles. The average Bonchev–Trinajstić information content (AvgIpc) is 3.14. The summed E-state index contributed by atoms with van der Waals surface area (Å²) in [4.78, 5) is 26.5. The van der Waals surface area contributed by atoms with Crippen molar-refractivity contribution in [3.8, 4) is 5.75 Å². The molecule has 1 aliphatic heterocycles. The van der Waals surface area contributed by atoms with Gasteiger partial charge in [-0.3, -0.25) is 4.79 Å². The van der Waals surface area contributed by atoms with Gasteiger partial charge in [0.1, 0.15) is 18.2 Å². The zero-order valence-electron chi connectivity index (χ0n) is 18.7. The van der Waals surface area contributed by atoms with E-state index < -0.39 is 11.9 Å². The fourth-order valence-corrected chi connectivity index (χ4v) is 4.61. The van der Waals surface area contributed by atoms with E-state index >= 15 is 0 Å². The normalized spacial score (nSPS) is 16.7. The molecule has 0 bridgehead atoms. The molecule has 0 radical (unpaired) electrons. The zero-order chi connectivity index (χ0) is 23.8. The third-order valence-corrected chi connectivity index (χ3v) is 6.19. The molecule has 3 aromatic carbocycles. The molecule has 3 aromatic rings. The van der Waals surface area contributed by atoms with E-state index in [4.69, 9.17) is 9.47 Å². The lowest BCUT2D eigenvalue weighted by atomic mass is 9.79. The first-order valence-corrected chi connectivity index (χ1v) is 10.9. The van der Waals surface area contributed by atoms with Gasteiger partial charge in [0.2, 0.25) is 0 Å². The number of carbonyl (C=O) groups excluding carboxylic acids is 2. The zero-order valence-corrected chi connectivity index (χ0v) is 18.7. The first kappa shape index (κ1) is 21.6. The van der Waals surface area contributed by atoms with Gasteiger partial charge in [-0.1, -0.05) is 54.6 Å². The number of ketones is 1. The number of dihydropyridines is 1. The van der Waals surface area contributed by atoms with Crippen LogP contribution >= 0.6 is 0 Å². The van der Waals surface area contributed by atoms with Gasteiger partial charge in [0.25, 0.3) is 0 Å². The Balaban J connectivity index is 1.61. The Kier molecular flexibility index (Phi) is 5.49. The molecule has 0 unspecified atom stereocenters. The van der Waals surface area contributed by atoms with Gasteiger partial charge >= 0.3 is 5.97 Å². The fourth-order valence-electron chi connectivity index (χ4n) is 4.61. The van der Waals surface area contributed by atoms with Crippen LogP contribution in [0.2, 0.25) is 0 Å². The number of hydrogen-bond donors (Lipinski definition) is 1. The standard InChI is InChI=1S/C28H22FNO4/c1-16-23(28(32)33-2)24(25-26(30-16)19-7-3-4-8-20(19)27(25)31)21-9-5-6-10-22(21)34-15-17-11-13-18(29)14-12-17/h3-14,24,30H,15H2,1-2H3/t24-/m0/s1. The summed E-state index contributed by atoms with van der Waals surface area (Å²) < 4.78 is 24.5. The molecule has 2 aliphatic rings. The van der Waals surface area contributed by atoms with Crippen LogP contribution in [0.3, 0.4) is 0 Å². The van der Waals surface area contributed by atoms with E-state index in [9.17, 15) is 14.0 Å². The van der Waals surface area contributed by atoms with Crippen molar-refractivity contribution in [2.75, 3.05) is 7.11 Å². The Morgan fingerprint density at radius 2 is 1.65 bits per heavy atom. The Hall–Kier alpha value is -4.19. The molecule has 1 aliphatic carbocycles. The number of esters is 1. The minimum Gasteiger partial charge on any atom is -0.489 e. The van der Waals surface area contributed by atoms with E-state index in [1.54, 1.807) is 31.2 Å². The number of methoxy groups -OCH3 is 1. The second-order valence-electron chi connectivity index (χ2n) is 8.20. The van der Waals surface area contributed by atoms with Crippen LogP contribution in [0.5, 0.6) is 5.75 Å². The Morgan fingerprint density at radius 3 is 2.38 bits per heavy atom. The summed E-state index contributed by atoms with van der Waals surface area (Å²) in [5, 5.41) is 3.27. The number of rotatable bonds is 5. The van der Waals surface area contributed by atoms with Gasteiger partial charge in [0, 0.05) is 28.0 Å². The number of nitrogens with one attached hydrogen (secondary N) is 1. The number of carbonyl (C=O) groups is 2. The number of allylic oxidation sites excluding steroid dienone is 2. The van der Waals surface area contributed by atoms with Crippen molar-refractivity contribution in [1.29, 1.82) is 0 Å². The highest BCUT2D eigenvalue weighted by Gasteiger charge is 2.43. The van der Waals surface area contributed by atoms with Crippen LogP contribution in [0.1, 0.15) is 39.9 Å². The van der Waals surface area contributed by atoms with Crippen molar-refractivity contribution in [2.24, 2.45) is 0 Å². The van der Waals surface area contributed by atoms with Crippen LogP contribution in [0, 0.1) is 5.82 Å². The summed E-state index contributed by atoms with van der Waals surface area (Å²) in [5.41, 5.74) is 5.04. The molecule has 5 nitrogen and oxygen atoms in total. The third kappa shape index (κ3) is 3.57. The number of para-hydroxylation sites is 1. The molecule has 5 rings (SSSR count). The highest BCUT2D eigenvalue weighted by atomic mass is 19.1. The van der Waals surface area contributed by atoms with Crippen molar-refractivity contribution >= 4 is 17.4 Å². The summed E-state index contributed by atoms with van der Waals surface area (Å²) in [6.07, 6.45) is 0. The molecule has 34 heavy (non-hydrogen) atoms. The third-order valence-electron chi connectivity index (χ3n) is 6.19. The molecule has 6 heteroatoms. The molecule has 0 saturated heterocycles. The molecule has 0 amide bonds. The van der Waals surface area contributed by atoms with E-state index in [1.165, 1.54) is 19.2 Å². The van der Waals surface area contributed by atoms with Crippen LogP contribution in [-0.2, 0) is 16.1 Å². The molecular weight excluding hydrogens is 433 g/mol. The molecule has 0 fully saturated rings. The second-order valence-corrected chi connectivity index (χ2v) is 8.20. The smallest absolute Gasteiger partial charge is 0.336 e. The largest absolute Gasteiger partial charge is 0.489 e. The molecule has 0 spiro atoms. The number of Topliss-reactive ketones (excluding diaryl/α,β-unsaturated/α-hetero) is 1. The van der Waals surface area contributed by atoms with Gasteiger partial charge < -0.3 is 14.8 Å². The first-order valence-electron chi connectivity index (χ1n) is 10.9. The van der Waals surface area contributed by atoms with Gasteiger partial charge in [0.05, 0.1) is 24.3 Å². The predicted molar refractivity (Wildman–Crippen MR) is 125 cm³/mol. The number of hydrogen-bond acceptors (Lipinski definition) is 5. The van der Waals surface area contributed by atoms with Crippen molar-refractivity contribution in [2.45, 2.75) is 19.4 Å². The van der Waals surface area contributed by atoms with E-state index in [1.807, 2.05) is 36.4 Å². The maximum absolute atomic E-state index is 13.6. The van der Waals surface area contributed by atoms with Gasteiger partial charge in [0.15, 0.2) is 5.78 Å². The SMILES string of the molecule is COC(=O)C1=C(C)NC2=C(C(=O)c3ccccc32)[C@H]1c1ccccc1OCc1ccc(F)cc1. The summed E-state index contributed by atoms with van der Waals surface area (Å²) in [6.45, 7) is 2.01. The lowest BCUT2D eigenvalue weighted by Crippen LogP contribution is -2.29. The highest BCUT2D eigenvalue weighted by molar-refractivity contribution is 6.23. The number of halogens is 1. The maximum atomic E-state index is 13.6. The topological polar surface area (TPSA) is 64.6 Å². The van der Waals surface area contributed by atoms with Crippen molar-refractivity contribution in [1.82, 2.24) is 5.32 Å². The number of fused-ring (bicyclic) bond motifs is 2. The first-order chi connectivity index (χ1) is 16.5. The Morgan fingerprint density at radius 1 is 0.971 bits per heavy atom. The number of benzene rings is 3. The van der Waals surface area contributed by atoms with Crippen LogP contribution in [0.15, 0.2) is 89.6 Å². The van der Waals surface area contributed by atoms with Crippen LogP contribution in [-0.4, -0.2) is 18.9 Å². The molecular formula is C28H22FNO4. The van der Waals surface area contributed by atoms with Crippen molar-refractivity contribution in [3.05, 3.63) is 118 Å². The molecule has 1 atom stereocenters. The second kappa shape index (κ2) is 8.63. The van der Waals surface area contributed by atoms with Crippen molar-refractivity contribution < 1.29 is 23.5 Å². The Bertz CT molecular complexity index is 1370. The monoisotopic (exact) mass is 455 g/mol. The lowest BCUT2D eigenvalue weighted by molar-refractivity contribution is -0.136. The predicted octanol–water partition coefficient (Wildman–Crippen LogP) is 5.15. The van der Waals surface area contributed by atoms with Crippen LogP contribution < -0.4 is 10.1 Å². The fraction of sp³-hybridized carbons (Fsp3) is 0.143. The lowest BCUT2D eigenvalue weighted by Gasteiger charge is -2.30. The van der Waals surface area contributed by atoms with E-state index in [0.29, 0.717) is 39.4 Å². The molecule has 1 N–H and O–H groups in total. The summed E-state index contributed by atoms with van der Waals surface area (Å²) in [6, 6.07) is 20.8. The quantitative estimate of drug-likeness (QED) is 0.540. The summed E-state index contributed by atoms with van der Waals surface area (Å²) >= 11 is 0. The molecule has 170 valence electrons. The van der Waals surface area contributed by atoms with Gasteiger partial charge in [-0.05, 0) is 30.7 Å². The minimum absolute atomic E-state index is 0.134. The van der Waals surface area contributed by atoms with E-state index in [-0.39, 0.29) is 18.2 Å². The average molecular weight is 455 g/mol.